The van der Waals surface area contributed by atoms with E-state index in [2.05, 4.69) is 10.3 Å². The first-order valence-corrected chi connectivity index (χ1v) is 6.85. The van der Waals surface area contributed by atoms with Gasteiger partial charge in [-0.2, -0.15) is 13.2 Å². The zero-order valence-electron chi connectivity index (χ0n) is 11.4. The lowest BCUT2D eigenvalue weighted by Gasteiger charge is -2.24. The fourth-order valence-electron chi connectivity index (χ4n) is 2.06. The van der Waals surface area contributed by atoms with Crippen molar-refractivity contribution in [1.82, 2.24) is 10.3 Å². The number of hydrogen-bond acceptors (Lipinski definition) is 3. The third kappa shape index (κ3) is 4.42. The van der Waals surface area contributed by atoms with Gasteiger partial charge < -0.3 is 10.1 Å². The Morgan fingerprint density at radius 1 is 1.43 bits per heavy atom. The van der Waals surface area contributed by atoms with Crippen molar-refractivity contribution in [2.75, 3.05) is 19.8 Å². The van der Waals surface area contributed by atoms with Gasteiger partial charge in [0.25, 0.3) is 5.91 Å². The summed E-state index contributed by atoms with van der Waals surface area (Å²) in [7, 11) is 0. The molecule has 1 aromatic rings. The van der Waals surface area contributed by atoms with Crippen molar-refractivity contribution < 1.29 is 22.7 Å². The van der Waals surface area contributed by atoms with Crippen LogP contribution in [0, 0.1) is 5.92 Å². The first-order chi connectivity index (χ1) is 9.98. The van der Waals surface area contributed by atoms with Crippen molar-refractivity contribution in [3.8, 4) is 0 Å². The topological polar surface area (TPSA) is 51.2 Å². The lowest BCUT2D eigenvalue weighted by molar-refractivity contribution is -0.138. The summed E-state index contributed by atoms with van der Waals surface area (Å²) in [5.74, 6) is -0.172. The maximum absolute atomic E-state index is 12.7. The average molecular weight is 302 g/mol. The Morgan fingerprint density at radius 3 is 2.81 bits per heavy atom. The number of nitrogens with one attached hydrogen (secondary N) is 1. The first-order valence-electron chi connectivity index (χ1n) is 6.85. The molecule has 0 saturated heterocycles. The normalized spacial score (nSPS) is 15.6. The lowest BCUT2D eigenvalue weighted by Crippen LogP contribution is -2.30. The summed E-state index contributed by atoms with van der Waals surface area (Å²) in [5.41, 5.74) is -1.45. The van der Waals surface area contributed by atoms with E-state index in [9.17, 15) is 18.0 Å². The molecule has 1 aliphatic rings. The number of aromatic nitrogens is 1. The summed E-state index contributed by atoms with van der Waals surface area (Å²) < 4.78 is 43.6. The van der Waals surface area contributed by atoms with Crippen LogP contribution in [0.5, 0.6) is 0 Å². The Kier molecular flexibility index (Phi) is 5.17. The van der Waals surface area contributed by atoms with E-state index in [0.717, 1.165) is 25.1 Å². The van der Waals surface area contributed by atoms with Crippen LogP contribution in [0.2, 0.25) is 0 Å². The highest BCUT2D eigenvalue weighted by Gasteiger charge is 2.35. The van der Waals surface area contributed by atoms with Gasteiger partial charge in [0.05, 0.1) is 17.7 Å². The van der Waals surface area contributed by atoms with Gasteiger partial charge in [0.2, 0.25) is 0 Å². The van der Waals surface area contributed by atoms with Gasteiger partial charge in [-0.15, -0.1) is 0 Å². The highest BCUT2D eigenvalue weighted by atomic mass is 19.4. The molecule has 1 saturated carbocycles. The van der Waals surface area contributed by atoms with Crippen molar-refractivity contribution in [3.05, 3.63) is 29.6 Å². The Bertz CT molecular complexity index is 487. The van der Waals surface area contributed by atoms with Crippen molar-refractivity contribution in [2.24, 2.45) is 5.92 Å². The molecule has 0 aliphatic heterocycles. The Labute approximate surface area is 120 Å². The van der Waals surface area contributed by atoms with E-state index < -0.39 is 23.2 Å². The summed E-state index contributed by atoms with van der Waals surface area (Å²) in [6, 6.07) is 1.06. The minimum Gasteiger partial charge on any atom is -0.379 e. The van der Waals surface area contributed by atoms with Crippen LogP contribution < -0.4 is 5.32 Å². The molecule has 0 radical (unpaired) electrons. The molecule has 1 fully saturated rings. The number of carbonyl (C=O) groups is 1. The fourth-order valence-corrected chi connectivity index (χ4v) is 2.06. The van der Waals surface area contributed by atoms with E-state index in [1.54, 1.807) is 0 Å². The number of carbonyl (C=O) groups excluding carboxylic acids is 1. The van der Waals surface area contributed by atoms with Gasteiger partial charge >= 0.3 is 6.18 Å². The Hall–Kier alpha value is -1.63. The molecular weight excluding hydrogens is 285 g/mol. The quantitative estimate of drug-likeness (QED) is 0.822. The van der Waals surface area contributed by atoms with Crippen molar-refractivity contribution in [1.29, 1.82) is 0 Å². The average Bonchev–Trinajstić information content (AvgIpc) is 2.39. The maximum atomic E-state index is 12.7. The van der Waals surface area contributed by atoms with Gasteiger partial charge in [-0.05, 0) is 24.8 Å². The standard InChI is InChI=1S/C14H17F3N2O2/c15-14(16,17)12-8-18-5-4-11(12)13(20)19-6-7-21-9-10-2-1-3-10/h4-5,8,10H,1-3,6-7,9H2,(H,19,20). The summed E-state index contributed by atoms with van der Waals surface area (Å²) in [4.78, 5) is 15.2. The van der Waals surface area contributed by atoms with Crippen LogP contribution in [0.3, 0.4) is 0 Å². The molecule has 1 N–H and O–H groups in total. The first kappa shape index (κ1) is 15.8. The minimum atomic E-state index is -4.60. The molecule has 1 aromatic heterocycles. The molecular formula is C14H17F3N2O2. The Morgan fingerprint density at radius 2 is 2.19 bits per heavy atom. The zero-order chi connectivity index (χ0) is 15.3. The van der Waals surface area contributed by atoms with Crippen LogP contribution in [0.25, 0.3) is 0 Å². The number of alkyl halides is 3. The van der Waals surface area contributed by atoms with Gasteiger partial charge in [-0.3, -0.25) is 9.78 Å². The van der Waals surface area contributed by atoms with Crippen molar-refractivity contribution in [3.63, 3.8) is 0 Å². The van der Waals surface area contributed by atoms with Crippen LogP contribution >= 0.6 is 0 Å². The Balaban J connectivity index is 1.80. The van der Waals surface area contributed by atoms with Gasteiger partial charge in [-0.25, -0.2) is 0 Å². The van der Waals surface area contributed by atoms with Crippen LogP contribution in [0.4, 0.5) is 13.2 Å². The molecule has 7 heteroatoms. The number of halogens is 3. The van der Waals surface area contributed by atoms with E-state index in [1.807, 2.05) is 0 Å². The number of hydrogen-bond donors (Lipinski definition) is 1. The second-order valence-electron chi connectivity index (χ2n) is 5.05. The molecule has 116 valence electrons. The molecule has 1 heterocycles. The SMILES string of the molecule is O=C(NCCOCC1CCC1)c1ccncc1C(F)(F)F. The van der Waals surface area contributed by atoms with Crippen molar-refractivity contribution >= 4 is 5.91 Å². The van der Waals surface area contributed by atoms with Crippen LogP contribution in [0.15, 0.2) is 18.5 Å². The van der Waals surface area contributed by atoms with Gasteiger partial charge in [0.15, 0.2) is 0 Å². The highest BCUT2D eigenvalue weighted by molar-refractivity contribution is 5.95. The number of rotatable bonds is 6. The van der Waals surface area contributed by atoms with E-state index in [0.29, 0.717) is 25.3 Å². The third-order valence-electron chi connectivity index (χ3n) is 3.48. The molecule has 4 nitrogen and oxygen atoms in total. The second kappa shape index (κ2) is 6.89. The van der Waals surface area contributed by atoms with E-state index in [-0.39, 0.29) is 6.54 Å². The largest absolute Gasteiger partial charge is 0.418 e. The molecule has 1 amide bonds. The molecule has 0 bridgehead atoms. The zero-order valence-corrected chi connectivity index (χ0v) is 11.4. The summed E-state index contributed by atoms with van der Waals surface area (Å²) in [5, 5.41) is 2.43. The van der Waals surface area contributed by atoms with E-state index >= 15 is 0 Å². The molecule has 2 rings (SSSR count). The van der Waals surface area contributed by atoms with E-state index in [4.69, 9.17) is 4.74 Å². The molecule has 0 spiro atoms. The molecule has 21 heavy (non-hydrogen) atoms. The van der Waals surface area contributed by atoms with Gasteiger partial charge in [0, 0.05) is 25.5 Å². The van der Waals surface area contributed by atoms with Crippen LogP contribution in [-0.2, 0) is 10.9 Å². The monoisotopic (exact) mass is 302 g/mol. The van der Waals surface area contributed by atoms with Gasteiger partial charge in [0.1, 0.15) is 0 Å². The number of pyridine rings is 1. The minimum absolute atomic E-state index is 0.186. The predicted molar refractivity (Wildman–Crippen MR) is 69.7 cm³/mol. The summed E-state index contributed by atoms with van der Waals surface area (Å²) >= 11 is 0. The van der Waals surface area contributed by atoms with Crippen molar-refractivity contribution in [2.45, 2.75) is 25.4 Å². The second-order valence-corrected chi connectivity index (χ2v) is 5.05. The number of amides is 1. The predicted octanol–water partition coefficient (Wildman–Crippen LogP) is 2.65. The molecule has 0 atom stereocenters. The summed E-state index contributed by atoms with van der Waals surface area (Å²) in [6.07, 6.45) is 0.782. The molecule has 1 aliphatic carbocycles. The smallest absolute Gasteiger partial charge is 0.379 e. The van der Waals surface area contributed by atoms with Gasteiger partial charge in [-0.1, -0.05) is 6.42 Å². The fraction of sp³-hybridized carbons (Fsp3) is 0.571. The van der Waals surface area contributed by atoms with E-state index in [1.165, 1.54) is 6.42 Å². The molecule has 0 aromatic carbocycles. The number of nitrogens with zero attached hydrogens (tertiary/aromatic N) is 1. The van der Waals surface area contributed by atoms with Crippen LogP contribution in [-0.4, -0.2) is 30.6 Å². The number of ether oxygens (including phenoxy) is 1. The maximum Gasteiger partial charge on any atom is 0.418 e. The summed E-state index contributed by atoms with van der Waals surface area (Å²) in [6.45, 7) is 1.14. The highest BCUT2D eigenvalue weighted by Crippen LogP contribution is 2.31. The molecule has 0 unspecified atom stereocenters. The lowest BCUT2D eigenvalue weighted by atomic mass is 9.86. The van der Waals surface area contributed by atoms with Crippen LogP contribution in [0.1, 0.15) is 35.2 Å². The third-order valence-corrected chi connectivity index (χ3v) is 3.48.